The third-order valence-corrected chi connectivity index (χ3v) is 4.11. The van der Waals surface area contributed by atoms with Gasteiger partial charge >= 0.3 is 5.97 Å². The van der Waals surface area contributed by atoms with Crippen molar-refractivity contribution >= 4 is 17.6 Å². The topological polar surface area (TPSA) is 32.8 Å². The fourth-order valence-electron chi connectivity index (χ4n) is 2.61. The van der Waals surface area contributed by atoms with Crippen molar-refractivity contribution in [1.29, 1.82) is 0 Å². The summed E-state index contributed by atoms with van der Waals surface area (Å²) in [7, 11) is 1.44. The highest BCUT2D eigenvalue weighted by Gasteiger charge is 2.15. The first-order valence-electron chi connectivity index (χ1n) is 7.43. The fraction of sp³-hybridized carbons (Fsp3) is 0.562. The number of rotatable bonds is 5. The molecule has 1 heterocycles. The van der Waals surface area contributed by atoms with E-state index in [-0.39, 0.29) is 5.97 Å². The second kappa shape index (κ2) is 8.37. The Hall–Kier alpha value is -1.10. The molecule has 2 rings (SSSR count). The van der Waals surface area contributed by atoms with Crippen LogP contribution < -0.4 is 0 Å². The highest BCUT2D eigenvalue weighted by atomic mass is 35.5. The molecule has 21 heavy (non-hydrogen) atoms. The van der Waals surface area contributed by atoms with Crippen LogP contribution in [0.25, 0.3) is 0 Å². The summed E-state index contributed by atoms with van der Waals surface area (Å²) in [6.07, 6.45) is 1.61. The maximum Gasteiger partial charge on any atom is 0.306 e. The Morgan fingerprint density at radius 1 is 1.14 bits per heavy atom. The SMILES string of the molecule is COC(=O)CCN1CCCN(Cc2ccc(Cl)cc2)CC1. The lowest BCUT2D eigenvalue weighted by atomic mass is 10.2. The molecule has 0 amide bonds. The van der Waals surface area contributed by atoms with Crippen molar-refractivity contribution in [3.8, 4) is 0 Å². The number of hydrogen-bond donors (Lipinski definition) is 0. The normalized spacial score (nSPS) is 17.4. The van der Waals surface area contributed by atoms with Crippen LogP contribution in [-0.2, 0) is 16.1 Å². The maximum atomic E-state index is 11.2. The van der Waals surface area contributed by atoms with Gasteiger partial charge in [0.05, 0.1) is 13.5 Å². The molecule has 5 heteroatoms. The van der Waals surface area contributed by atoms with E-state index in [1.807, 2.05) is 12.1 Å². The molecule has 0 N–H and O–H groups in total. The fourth-order valence-corrected chi connectivity index (χ4v) is 2.73. The van der Waals surface area contributed by atoms with Gasteiger partial charge in [-0.1, -0.05) is 23.7 Å². The summed E-state index contributed by atoms with van der Waals surface area (Å²) >= 11 is 5.91. The monoisotopic (exact) mass is 310 g/mol. The Labute approximate surface area is 131 Å². The average molecular weight is 311 g/mol. The van der Waals surface area contributed by atoms with Crippen molar-refractivity contribution < 1.29 is 9.53 Å². The van der Waals surface area contributed by atoms with Crippen LogP contribution >= 0.6 is 11.6 Å². The van der Waals surface area contributed by atoms with E-state index < -0.39 is 0 Å². The van der Waals surface area contributed by atoms with Gasteiger partial charge in [-0.3, -0.25) is 9.69 Å². The second-order valence-corrected chi connectivity index (χ2v) is 5.86. The van der Waals surface area contributed by atoms with Crippen LogP contribution in [0, 0.1) is 0 Å². The summed E-state index contributed by atoms with van der Waals surface area (Å²) in [6.45, 7) is 5.93. The largest absolute Gasteiger partial charge is 0.469 e. The van der Waals surface area contributed by atoms with Crippen molar-refractivity contribution in [2.45, 2.75) is 19.4 Å². The highest BCUT2D eigenvalue weighted by molar-refractivity contribution is 6.30. The van der Waals surface area contributed by atoms with E-state index in [1.165, 1.54) is 12.7 Å². The molecule has 4 nitrogen and oxygen atoms in total. The van der Waals surface area contributed by atoms with E-state index in [1.54, 1.807) is 0 Å². The van der Waals surface area contributed by atoms with Gasteiger partial charge in [-0.2, -0.15) is 0 Å². The Morgan fingerprint density at radius 2 is 1.81 bits per heavy atom. The smallest absolute Gasteiger partial charge is 0.306 e. The number of nitrogens with zero attached hydrogens (tertiary/aromatic N) is 2. The summed E-state index contributed by atoms with van der Waals surface area (Å²) in [4.78, 5) is 16.0. The van der Waals surface area contributed by atoms with Gasteiger partial charge in [0.25, 0.3) is 0 Å². The number of hydrogen-bond acceptors (Lipinski definition) is 4. The zero-order valence-electron chi connectivity index (χ0n) is 12.6. The molecule has 1 aliphatic rings. The zero-order chi connectivity index (χ0) is 15.1. The third kappa shape index (κ3) is 5.65. The van der Waals surface area contributed by atoms with E-state index in [9.17, 15) is 4.79 Å². The van der Waals surface area contributed by atoms with Gasteiger partial charge in [0.2, 0.25) is 0 Å². The van der Waals surface area contributed by atoms with Gasteiger partial charge in [0, 0.05) is 31.2 Å². The van der Waals surface area contributed by atoms with Crippen LogP contribution in [0.2, 0.25) is 5.02 Å². The van der Waals surface area contributed by atoms with Crippen LogP contribution in [0.1, 0.15) is 18.4 Å². The summed E-state index contributed by atoms with van der Waals surface area (Å²) in [5, 5.41) is 0.781. The summed E-state index contributed by atoms with van der Waals surface area (Å²) in [6, 6.07) is 8.05. The van der Waals surface area contributed by atoms with E-state index >= 15 is 0 Å². The molecule has 116 valence electrons. The second-order valence-electron chi connectivity index (χ2n) is 5.42. The summed E-state index contributed by atoms with van der Waals surface area (Å²) < 4.78 is 4.70. The molecule has 0 aliphatic carbocycles. The average Bonchev–Trinajstić information content (AvgIpc) is 2.72. The third-order valence-electron chi connectivity index (χ3n) is 3.86. The quantitative estimate of drug-likeness (QED) is 0.782. The molecule has 0 unspecified atom stereocenters. The highest BCUT2D eigenvalue weighted by Crippen LogP contribution is 2.13. The van der Waals surface area contributed by atoms with Gasteiger partial charge in [-0.25, -0.2) is 0 Å². The first-order valence-corrected chi connectivity index (χ1v) is 7.81. The lowest BCUT2D eigenvalue weighted by Crippen LogP contribution is -2.32. The summed E-state index contributed by atoms with van der Waals surface area (Å²) in [5.41, 5.74) is 1.29. The minimum Gasteiger partial charge on any atom is -0.469 e. The number of esters is 1. The molecule has 1 saturated heterocycles. The van der Waals surface area contributed by atoms with Crippen molar-refractivity contribution in [3.63, 3.8) is 0 Å². The Kier molecular flexibility index (Phi) is 6.49. The predicted octanol–water partition coefficient (Wildman–Crippen LogP) is 2.41. The number of ether oxygens (including phenoxy) is 1. The van der Waals surface area contributed by atoms with Crippen LogP contribution in [0.5, 0.6) is 0 Å². The van der Waals surface area contributed by atoms with Gasteiger partial charge in [0.15, 0.2) is 0 Å². The van der Waals surface area contributed by atoms with E-state index in [0.717, 1.165) is 50.7 Å². The summed E-state index contributed by atoms with van der Waals surface area (Å²) in [5.74, 6) is -0.128. The van der Waals surface area contributed by atoms with Crippen molar-refractivity contribution in [3.05, 3.63) is 34.9 Å². The van der Waals surface area contributed by atoms with Crippen LogP contribution in [0.3, 0.4) is 0 Å². The molecule has 1 fully saturated rings. The molecule has 0 atom stereocenters. The molecule has 1 aromatic rings. The number of carbonyl (C=O) groups is 1. The van der Waals surface area contributed by atoms with Gasteiger partial charge < -0.3 is 9.64 Å². The first-order chi connectivity index (χ1) is 10.2. The number of carbonyl (C=O) groups excluding carboxylic acids is 1. The molecular formula is C16H23ClN2O2. The number of methoxy groups -OCH3 is 1. The van der Waals surface area contributed by atoms with Crippen molar-refractivity contribution in [1.82, 2.24) is 9.80 Å². The van der Waals surface area contributed by atoms with E-state index in [4.69, 9.17) is 16.3 Å². The number of halogens is 1. The van der Waals surface area contributed by atoms with Gasteiger partial charge in [0.1, 0.15) is 0 Å². The minimum atomic E-state index is -0.128. The molecule has 0 radical (unpaired) electrons. The van der Waals surface area contributed by atoms with Crippen LogP contribution in [0.4, 0.5) is 0 Å². The molecule has 0 saturated carbocycles. The molecule has 0 bridgehead atoms. The first kappa shape index (κ1) is 16.3. The predicted molar refractivity (Wildman–Crippen MR) is 84.4 cm³/mol. The van der Waals surface area contributed by atoms with Crippen LogP contribution in [-0.4, -0.2) is 55.6 Å². The Morgan fingerprint density at radius 3 is 2.52 bits per heavy atom. The standard InChI is InChI=1S/C16H23ClN2O2/c1-21-16(20)7-10-18-8-2-9-19(12-11-18)13-14-3-5-15(17)6-4-14/h3-6H,2,7-13H2,1H3. The lowest BCUT2D eigenvalue weighted by molar-refractivity contribution is -0.140. The molecule has 0 spiro atoms. The van der Waals surface area contributed by atoms with E-state index in [2.05, 4.69) is 21.9 Å². The molecule has 1 aromatic carbocycles. The molecule has 0 aromatic heterocycles. The lowest BCUT2D eigenvalue weighted by Gasteiger charge is -2.21. The maximum absolute atomic E-state index is 11.2. The van der Waals surface area contributed by atoms with Gasteiger partial charge in [-0.05, 0) is 37.2 Å². The van der Waals surface area contributed by atoms with Crippen molar-refractivity contribution in [2.75, 3.05) is 39.8 Å². The van der Waals surface area contributed by atoms with Gasteiger partial charge in [-0.15, -0.1) is 0 Å². The Balaban J connectivity index is 1.77. The minimum absolute atomic E-state index is 0.128. The molecular weight excluding hydrogens is 288 g/mol. The molecule has 1 aliphatic heterocycles. The van der Waals surface area contributed by atoms with Crippen LogP contribution in [0.15, 0.2) is 24.3 Å². The van der Waals surface area contributed by atoms with Crippen molar-refractivity contribution in [2.24, 2.45) is 0 Å². The van der Waals surface area contributed by atoms with E-state index in [0.29, 0.717) is 6.42 Å². The zero-order valence-corrected chi connectivity index (χ0v) is 13.3. The number of benzene rings is 1. The Bertz CT molecular complexity index is 450.